The summed E-state index contributed by atoms with van der Waals surface area (Å²) in [5.41, 5.74) is -0.0556. The van der Waals surface area contributed by atoms with Gasteiger partial charge in [0, 0.05) is 12.0 Å². The summed E-state index contributed by atoms with van der Waals surface area (Å²) in [5, 5.41) is 3.26. The quantitative estimate of drug-likeness (QED) is 0.649. The molecule has 0 aromatic carbocycles. The number of rotatable bonds is 2. The fourth-order valence-corrected chi connectivity index (χ4v) is 1.91. The molecule has 0 aromatic heterocycles. The molecule has 64 valence electrons. The van der Waals surface area contributed by atoms with E-state index in [0.29, 0.717) is 11.7 Å². The highest BCUT2D eigenvalue weighted by atomic mass is 16.1. The molecule has 0 amide bonds. The van der Waals surface area contributed by atoms with Gasteiger partial charge < -0.3 is 5.32 Å². The van der Waals surface area contributed by atoms with Crippen molar-refractivity contribution < 1.29 is 4.79 Å². The summed E-state index contributed by atoms with van der Waals surface area (Å²) in [6.07, 6.45) is 1.01. The highest BCUT2D eigenvalue weighted by Crippen LogP contribution is 2.34. The van der Waals surface area contributed by atoms with Crippen molar-refractivity contribution in [2.24, 2.45) is 11.3 Å². The monoisotopic (exact) mass is 155 g/mol. The number of ketones is 1. The zero-order chi connectivity index (χ0) is 8.48. The fraction of sp³-hybridized carbons (Fsp3) is 0.889. The smallest absolute Gasteiger partial charge is 0.137 e. The molecule has 0 aliphatic carbocycles. The number of hydrogen-bond donors (Lipinski definition) is 1. The van der Waals surface area contributed by atoms with Crippen LogP contribution in [0.15, 0.2) is 0 Å². The molecule has 0 radical (unpaired) electrons. The van der Waals surface area contributed by atoms with Crippen LogP contribution >= 0.6 is 0 Å². The lowest BCUT2D eigenvalue weighted by Crippen LogP contribution is -2.36. The maximum atomic E-state index is 11.4. The Kier molecular flexibility index (Phi) is 2.33. The molecule has 1 unspecified atom stereocenters. The molecule has 0 saturated carbocycles. The molecule has 2 heteroatoms. The van der Waals surface area contributed by atoms with E-state index >= 15 is 0 Å². The Morgan fingerprint density at radius 1 is 1.55 bits per heavy atom. The zero-order valence-corrected chi connectivity index (χ0v) is 7.61. The summed E-state index contributed by atoms with van der Waals surface area (Å²) < 4.78 is 0. The van der Waals surface area contributed by atoms with Crippen molar-refractivity contribution in [2.75, 3.05) is 13.1 Å². The highest BCUT2D eigenvalue weighted by molar-refractivity contribution is 5.83. The first-order valence-electron chi connectivity index (χ1n) is 4.31. The van der Waals surface area contributed by atoms with Gasteiger partial charge in [-0.1, -0.05) is 13.8 Å². The van der Waals surface area contributed by atoms with Gasteiger partial charge in [-0.05, 0) is 25.8 Å². The summed E-state index contributed by atoms with van der Waals surface area (Å²) in [4.78, 5) is 11.4. The van der Waals surface area contributed by atoms with Crippen molar-refractivity contribution in [3.8, 4) is 0 Å². The lowest BCUT2D eigenvalue weighted by Gasteiger charge is -2.29. The van der Waals surface area contributed by atoms with Crippen molar-refractivity contribution in [3.63, 3.8) is 0 Å². The van der Waals surface area contributed by atoms with Crippen LogP contribution in [0.5, 0.6) is 0 Å². The van der Waals surface area contributed by atoms with Gasteiger partial charge in [0.15, 0.2) is 0 Å². The predicted molar refractivity (Wildman–Crippen MR) is 45.4 cm³/mol. The van der Waals surface area contributed by atoms with Gasteiger partial charge in [0.1, 0.15) is 5.78 Å². The molecule has 0 aromatic rings. The second-order valence-electron chi connectivity index (χ2n) is 3.79. The number of hydrogen-bond acceptors (Lipinski definition) is 2. The van der Waals surface area contributed by atoms with Gasteiger partial charge in [-0.2, -0.15) is 0 Å². The summed E-state index contributed by atoms with van der Waals surface area (Å²) in [6, 6.07) is 0. The van der Waals surface area contributed by atoms with Gasteiger partial charge in [0.25, 0.3) is 0 Å². The summed E-state index contributed by atoms with van der Waals surface area (Å²) in [6.45, 7) is 7.85. The molecule has 0 spiro atoms. The predicted octanol–water partition coefficient (Wildman–Crippen LogP) is 1.21. The minimum absolute atomic E-state index is 0.0556. The van der Waals surface area contributed by atoms with E-state index in [0.717, 1.165) is 19.5 Å². The van der Waals surface area contributed by atoms with Crippen LogP contribution in [0.3, 0.4) is 0 Å². The molecular formula is C9H17NO. The lowest BCUT2D eigenvalue weighted by molar-refractivity contribution is -0.127. The summed E-state index contributed by atoms with van der Waals surface area (Å²) in [5.74, 6) is 0.813. The number of carbonyl (C=O) groups excluding carboxylic acids is 1. The first-order chi connectivity index (χ1) is 5.09. The van der Waals surface area contributed by atoms with Crippen molar-refractivity contribution in [2.45, 2.75) is 27.2 Å². The molecule has 0 bridgehead atoms. The molecule has 1 N–H and O–H groups in total. The Balaban J connectivity index is 2.79. The number of nitrogens with one attached hydrogen (secondary N) is 1. The Labute approximate surface area is 68.4 Å². The SMILES string of the molecule is CC(=O)C1(C(C)C)CCNC1. The van der Waals surface area contributed by atoms with E-state index in [1.807, 2.05) is 0 Å². The Morgan fingerprint density at radius 3 is 2.36 bits per heavy atom. The Hall–Kier alpha value is -0.370. The standard InChI is InChI=1S/C9H17NO/c1-7(2)9(8(3)11)4-5-10-6-9/h7,10H,4-6H2,1-3H3. The van der Waals surface area contributed by atoms with Crippen LogP contribution in [-0.4, -0.2) is 18.9 Å². The average Bonchev–Trinajstić information content (AvgIpc) is 2.34. The van der Waals surface area contributed by atoms with Gasteiger partial charge in [-0.25, -0.2) is 0 Å². The van der Waals surface area contributed by atoms with E-state index in [4.69, 9.17) is 0 Å². The van der Waals surface area contributed by atoms with Crippen molar-refractivity contribution in [1.82, 2.24) is 5.32 Å². The van der Waals surface area contributed by atoms with Crippen LogP contribution in [-0.2, 0) is 4.79 Å². The van der Waals surface area contributed by atoms with Crippen LogP contribution in [0.1, 0.15) is 27.2 Å². The van der Waals surface area contributed by atoms with E-state index in [1.54, 1.807) is 6.92 Å². The number of carbonyl (C=O) groups is 1. The Morgan fingerprint density at radius 2 is 2.18 bits per heavy atom. The molecule has 1 aliphatic rings. The lowest BCUT2D eigenvalue weighted by atomic mass is 9.73. The van der Waals surface area contributed by atoms with Gasteiger partial charge in [0.05, 0.1) is 0 Å². The van der Waals surface area contributed by atoms with Gasteiger partial charge in [0.2, 0.25) is 0 Å². The molecule has 1 aliphatic heterocycles. The van der Waals surface area contributed by atoms with Gasteiger partial charge in [-0.3, -0.25) is 4.79 Å². The minimum Gasteiger partial charge on any atom is -0.316 e. The van der Waals surface area contributed by atoms with Crippen LogP contribution in [0.4, 0.5) is 0 Å². The van der Waals surface area contributed by atoms with Crippen molar-refractivity contribution >= 4 is 5.78 Å². The average molecular weight is 155 g/mol. The second kappa shape index (κ2) is 2.94. The maximum absolute atomic E-state index is 11.4. The summed E-state index contributed by atoms with van der Waals surface area (Å²) >= 11 is 0. The van der Waals surface area contributed by atoms with Crippen LogP contribution in [0.2, 0.25) is 0 Å². The highest BCUT2D eigenvalue weighted by Gasteiger charge is 2.40. The first-order valence-corrected chi connectivity index (χ1v) is 4.31. The van der Waals surface area contributed by atoms with Crippen molar-refractivity contribution in [3.05, 3.63) is 0 Å². The molecule has 2 nitrogen and oxygen atoms in total. The topological polar surface area (TPSA) is 29.1 Å². The molecule has 1 atom stereocenters. The number of Topliss-reactive ketones (excluding diaryl/α,β-unsaturated/α-hetero) is 1. The third kappa shape index (κ3) is 1.32. The molecule has 1 rings (SSSR count). The second-order valence-corrected chi connectivity index (χ2v) is 3.79. The van der Waals surface area contributed by atoms with Crippen LogP contribution in [0, 0.1) is 11.3 Å². The van der Waals surface area contributed by atoms with Crippen LogP contribution < -0.4 is 5.32 Å². The zero-order valence-electron chi connectivity index (χ0n) is 7.61. The maximum Gasteiger partial charge on any atom is 0.137 e. The largest absolute Gasteiger partial charge is 0.316 e. The molecule has 11 heavy (non-hydrogen) atoms. The normalized spacial score (nSPS) is 31.3. The van der Waals surface area contributed by atoms with E-state index in [-0.39, 0.29) is 5.41 Å². The first kappa shape index (κ1) is 8.72. The molecule has 1 fully saturated rings. The van der Waals surface area contributed by atoms with Crippen molar-refractivity contribution in [1.29, 1.82) is 0 Å². The van der Waals surface area contributed by atoms with Crippen LogP contribution in [0.25, 0.3) is 0 Å². The molecular weight excluding hydrogens is 138 g/mol. The third-order valence-corrected chi connectivity index (χ3v) is 2.99. The molecule has 1 heterocycles. The third-order valence-electron chi connectivity index (χ3n) is 2.99. The summed E-state index contributed by atoms with van der Waals surface area (Å²) in [7, 11) is 0. The van der Waals surface area contributed by atoms with E-state index < -0.39 is 0 Å². The fourth-order valence-electron chi connectivity index (χ4n) is 1.91. The van der Waals surface area contributed by atoms with E-state index in [1.165, 1.54) is 0 Å². The molecule has 1 saturated heterocycles. The van der Waals surface area contributed by atoms with Gasteiger partial charge in [-0.15, -0.1) is 0 Å². The van der Waals surface area contributed by atoms with Gasteiger partial charge >= 0.3 is 0 Å². The van der Waals surface area contributed by atoms with E-state index in [9.17, 15) is 4.79 Å². The minimum atomic E-state index is -0.0556. The van der Waals surface area contributed by atoms with E-state index in [2.05, 4.69) is 19.2 Å². The Bertz CT molecular complexity index is 157.